The average Bonchev–Trinajstić information content (AvgIpc) is 2.96. The molecule has 6 heteroatoms. The number of aromatic nitrogens is 1. The van der Waals surface area contributed by atoms with Gasteiger partial charge in [-0.05, 0) is 66.9 Å². The number of H-pyrrole nitrogens is 1. The average molecular weight is 395 g/mol. The lowest BCUT2D eigenvalue weighted by molar-refractivity contribution is 0.0273. The molecular formula is C18H20BrFN2O2. The first-order chi connectivity index (χ1) is 11.2. The van der Waals surface area contributed by atoms with Gasteiger partial charge in [-0.15, -0.1) is 0 Å². The fourth-order valence-electron chi connectivity index (χ4n) is 2.75. The molecule has 1 aliphatic heterocycles. The Morgan fingerprint density at radius 2 is 2.12 bits per heavy atom. The molecule has 0 bridgehead atoms. The number of benzene rings is 1. The van der Waals surface area contributed by atoms with Crippen molar-refractivity contribution >= 4 is 38.5 Å². The van der Waals surface area contributed by atoms with E-state index in [2.05, 4.69) is 27.0 Å². The summed E-state index contributed by atoms with van der Waals surface area (Å²) in [5.74, 6) is -0.267. The zero-order valence-corrected chi connectivity index (χ0v) is 15.5. The number of carbonyl (C=O) groups excluding carboxylic acids is 1. The van der Waals surface area contributed by atoms with Gasteiger partial charge in [-0.3, -0.25) is 0 Å². The van der Waals surface area contributed by atoms with Crippen molar-refractivity contribution in [2.45, 2.75) is 32.8 Å². The van der Waals surface area contributed by atoms with Gasteiger partial charge in [0, 0.05) is 22.1 Å². The standard InChI is InChI=1S/C18H20BrFN2O2/c1-18(2,3)24-17(23)22-8-4-5-11(10-22)15-9-12-14(20)7-6-13(19)16(12)21-15/h5-7,9,21H,4,8,10H2,1-3H3. The quantitative estimate of drug-likeness (QED) is 0.731. The van der Waals surface area contributed by atoms with Crippen LogP contribution in [0.15, 0.2) is 28.7 Å². The molecule has 0 radical (unpaired) electrons. The van der Waals surface area contributed by atoms with Crippen LogP contribution in [-0.2, 0) is 4.74 Å². The smallest absolute Gasteiger partial charge is 0.410 e. The Morgan fingerprint density at radius 3 is 2.79 bits per heavy atom. The Labute approximate surface area is 148 Å². The second kappa shape index (κ2) is 6.24. The molecule has 1 amide bonds. The van der Waals surface area contributed by atoms with Crippen molar-refractivity contribution in [2.24, 2.45) is 0 Å². The van der Waals surface area contributed by atoms with Gasteiger partial charge in [-0.25, -0.2) is 9.18 Å². The van der Waals surface area contributed by atoms with Crippen LogP contribution in [0, 0.1) is 5.82 Å². The molecule has 2 aromatic rings. The summed E-state index contributed by atoms with van der Waals surface area (Å²) in [5.41, 5.74) is 1.99. The lowest BCUT2D eigenvalue weighted by Gasteiger charge is -2.30. The largest absolute Gasteiger partial charge is 0.444 e. The van der Waals surface area contributed by atoms with Gasteiger partial charge < -0.3 is 14.6 Å². The van der Waals surface area contributed by atoms with Crippen LogP contribution < -0.4 is 0 Å². The van der Waals surface area contributed by atoms with Crippen molar-refractivity contribution in [3.8, 4) is 0 Å². The number of nitrogens with one attached hydrogen (secondary N) is 1. The van der Waals surface area contributed by atoms with E-state index < -0.39 is 5.60 Å². The monoisotopic (exact) mass is 394 g/mol. The first-order valence-electron chi connectivity index (χ1n) is 7.88. The van der Waals surface area contributed by atoms with E-state index in [0.717, 1.165) is 27.7 Å². The van der Waals surface area contributed by atoms with Gasteiger partial charge in [0.25, 0.3) is 0 Å². The van der Waals surface area contributed by atoms with Crippen molar-refractivity contribution in [1.29, 1.82) is 0 Å². The van der Waals surface area contributed by atoms with E-state index in [1.54, 1.807) is 17.0 Å². The number of amides is 1. The maximum atomic E-state index is 14.0. The number of nitrogens with zero attached hydrogens (tertiary/aromatic N) is 1. The van der Waals surface area contributed by atoms with Crippen molar-refractivity contribution in [2.75, 3.05) is 13.1 Å². The number of aromatic amines is 1. The highest BCUT2D eigenvalue weighted by atomic mass is 79.9. The molecule has 0 saturated carbocycles. The third kappa shape index (κ3) is 3.48. The van der Waals surface area contributed by atoms with Crippen molar-refractivity contribution < 1.29 is 13.9 Å². The maximum Gasteiger partial charge on any atom is 0.410 e. The number of halogens is 2. The molecule has 4 nitrogen and oxygen atoms in total. The van der Waals surface area contributed by atoms with Gasteiger partial charge in [-0.2, -0.15) is 0 Å². The van der Waals surface area contributed by atoms with E-state index in [1.165, 1.54) is 6.07 Å². The van der Waals surface area contributed by atoms with Gasteiger partial charge in [0.2, 0.25) is 0 Å². The molecule has 1 N–H and O–H groups in total. The molecule has 0 atom stereocenters. The molecule has 3 rings (SSSR count). The molecule has 2 heterocycles. The summed E-state index contributed by atoms with van der Waals surface area (Å²) in [7, 11) is 0. The highest BCUT2D eigenvalue weighted by Crippen LogP contribution is 2.30. The first kappa shape index (κ1) is 17.0. The topological polar surface area (TPSA) is 45.3 Å². The van der Waals surface area contributed by atoms with E-state index in [0.29, 0.717) is 18.5 Å². The summed E-state index contributed by atoms with van der Waals surface area (Å²) >= 11 is 3.43. The first-order valence-corrected chi connectivity index (χ1v) is 8.68. The van der Waals surface area contributed by atoms with E-state index in [-0.39, 0.29) is 11.9 Å². The molecule has 1 aromatic heterocycles. The maximum absolute atomic E-state index is 14.0. The Kier molecular flexibility index (Phi) is 4.42. The van der Waals surface area contributed by atoms with Gasteiger partial charge >= 0.3 is 6.09 Å². The van der Waals surface area contributed by atoms with Crippen molar-refractivity contribution in [3.63, 3.8) is 0 Å². The fraction of sp³-hybridized carbons (Fsp3) is 0.389. The van der Waals surface area contributed by atoms with Crippen LogP contribution in [0.25, 0.3) is 16.5 Å². The molecule has 0 saturated heterocycles. The van der Waals surface area contributed by atoms with Crippen LogP contribution in [0.4, 0.5) is 9.18 Å². The third-order valence-electron chi connectivity index (χ3n) is 3.84. The summed E-state index contributed by atoms with van der Waals surface area (Å²) in [6, 6.07) is 4.91. The lowest BCUT2D eigenvalue weighted by Crippen LogP contribution is -2.39. The summed E-state index contributed by atoms with van der Waals surface area (Å²) in [6.07, 6.45) is 2.50. The van der Waals surface area contributed by atoms with Gasteiger partial charge in [0.05, 0.1) is 12.1 Å². The summed E-state index contributed by atoms with van der Waals surface area (Å²) in [6.45, 7) is 6.62. The van der Waals surface area contributed by atoms with Crippen LogP contribution in [0.2, 0.25) is 0 Å². The summed E-state index contributed by atoms with van der Waals surface area (Å²) in [4.78, 5) is 17.2. The second-order valence-corrected chi connectivity index (χ2v) is 7.78. The molecule has 1 aromatic carbocycles. The van der Waals surface area contributed by atoms with Gasteiger partial charge in [0.1, 0.15) is 11.4 Å². The Morgan fingerprint density at radius 1 is 1.38 bits per heavy atom. The van der Waals surface area contributed by atoms with Crippen LogP contribution in [0.3, 0.4) is 0 Å². The minimum Gasteiger partial charge on any atom is -0.444 e. The number of rotatable bonds is 1. The number of hydrogen-bond acceptors (Lipinski definition) is 2. The Bertz CT molecular complexity index is 781. The van der Waals surface area contributed by atoms with Gasteiger partial charge in [0.15, 0.2) is 0 Å². The SMILES string of the molecule is CC(C)(C)OC(=O)N1CCC=C(c2cc3c(F)ccc(Br)c3[nH]2)C1. The second-order valence-electron chi connectivity index (χ2n) is 6.92. The zero-order chi connectivity index (χ0) is 17.5. The molecule has 24 heavy (non-hydrogen) atoms. The number of ether oxygens (including phenoxy) is 1. The third-order valence-corrected chi connectivity index (χ3v) is 4.50. The van der Waals surface area contributed by atoms with Crippen LogP contribution in [0.1, 0.15) is 32.9 Å². The molecule has 1 aliphatic rings. The van der Waals surface area contributed by atoms with Crippen LogP contribution in [0.5, 0.6) is 0 Å². The minimum absolute atomic E-state index is 0.267. The van der Waals surface area contributed by atoms with Gasteiger partial charge in [-0.1, -0.05) is 6.08 Å². The molecular weight excluding hydrogens is 375 g/mol. The number of carbonyl (C=O) groups is 1. The van der Waals surface area contributed by atoms with Crippen LogP contribution >= 0.6 is 15.9 Å². The summed E-state index contributed by atoms with van der Waals surface area (Å²) in [5, 5.41) is 0.537. The van der Waals surface area contributed by atoms with E-state index in [9.17, 15) is 9.18 Å². The Balaban J connectivity index is 1.85. The lowest BCUT2D eigenvalue weighted by atomic mass is 10.1. The van der Waals surface area contributed by atoms with Crippen molar-refractivity contribution in [3.05, 3.63) is 40.3 Å². The van der Waals surface area contributed by atoms with Crippen molar-refractivity contribution in [1.82, 2.24) is 9.88 Å². The normalized spacial score (nSPS) is 15.5. The van der Waals surface area contributed by atoms with Crippen LogP contribution in [-0.4, -0.2) is 34.7 Å². The highest BCUT2D eigenvalue weighted by Gasteiger charge is 2.25. The fourth-order valence-corrected chi connectivity index (χ4v) is 3.19. The van der Waals surface area contributed by atoms with E-state index >= 15 is 0 Å². The predicted molar refractivity (Wildman–Crippen MR) is 96.4 cm³/mol. The summed E-state index contributed by atoms with van der Waals surface area (Å²) < 4.78 is 20.2. The predicted octanol–water partition coefficient (Wildman–Crippen LogP) is 5.09. The number of fused-ring (bicyclic) bond motifs is 1. The molecule has 0 unspecified atom stereocenters. The molecule has 0 aliphatic carbocycles. The highest BCUT2D eigenvalue weighted by molar-refractivity contribution is 9.10. The molecule has 128 valence electrons. The molecule has 0 spiro atoms. The molecule has 0 fully saturated rings. The number of hydrogen-bond donors (Lipinski definition) is 1. The zero-order valence-electron chi connectivity index (χ0n) is 14.0. The van der Waals surface area contributed by atoms with E-state index in [4.69, 9.17) is 4.74 Å². The minimum atomic E-state index is -0.520. The van der Waals surface area contributed by atoms with E-state index in [1.807, 2.05) is 20.8 Å². The Hall–Kier alpha value is -1.82.